The number of esters is 1. The Balaban J connectivity index is 1.53. The number of ether oxygens (including phenoxy) is 3. The molecule has 0 aromatic heterocycles. The van der Waals surface area contributed by atoms with Gasteiger partial charge in [0.25, 0.3) is 0 Å². The van der Waals surface area contributed by atoms with E-state index in [0.29, 0.717) is 42.1 Å². The van der Waals surface area contributed by atoms with Gasteiger partial charge in [0.05, 0.1) is 25.7 Å². The third-order valence-corrected chi connectivity index (χ3v) is 5.31. The largest absolute Gasteiger partial charge is 0.492 e. The van der Waals surface area contributed by atoms with Crippen LogP contribution < -0.4 is 9.47 Å². The fourth-order valence-corrected chi connectivity index (χ4v) is 3.95. The summed E-state index contributed by atoms with van der Waals surface area (Å²) in [7, 11) is 1.35. The quantitative estimate of drug-likeness (QED) is 0.701. The van der Waals surface area contributed by atoms with E-state index >= 15 is 0 Å². The molecule has 0 fully saturated rings. The van der Waals surface area contributed by atoms with E-state index in [1.807, 2.05) is 6.07 Å². The van der Waals surface area contributed by atoms with Crippen molar-refractivity contribution in [3.63, 3.8) is 0 Å². The average Bonchev–Trinajstić information content (AvgIpc) is 3.25. The molecule has 0 N–H and O–H groups in total. The number of hydrogen-bond acceptors (Lipinski definition) is 4. The van der Waals surface area contributed by atoms with Crippen molar-refractivity contribution >= 4 is 5.97 Å². The zero-order chi connectivity index (χ0) is 19.9. The molecule has 4 nitrogen and oxygen atoms in total. The lowest BCUT2D eigenvalue weighted by Gasteiger charge is -2.17. The summed E-state index contributed by atoms with van der Waals surface area (Å²) in [5.74, 6) is 0.796. The van der Waals surface area contributed by atoms with Crippen molar-refractivity contribution in [3.05, 3.63) is 58.7 Å². The van der Waals surface area contributed by atoms with Crippen molar-refractivity contribution in [3.8, 4) is 11.5 Å². The van der Waals surface area contributed by atoms with Crippen molar-refractivity contribution in [2.45, 2.75) is 37.5 Å². The number of carbonyl (C=O) groups is 1. The minimum Gasteiger partial charge on any atom is -0.492 e. The van der Waals surface area contributed by atoms with Crippen LogP contribution in [0, 0.1) is 0 Å². The molecule has 2 aromatic carbocycles. The summed E-state index contributed by atoms with van der Waals surface area (Å²) < 4.78 is 56.0. The van der Waals surface area contributed by atoms with Gasteiger partial charge in [-0.2, -0.15) is 13.2 Å². The van der Waals surface area contributed by atoms with E-state index in [0.717, 1.165) is 11.6 Å². The normalized spacial score (nSPS) is 20.3. The lowest BCUT2D eigenvalue weighted by atomic mass is 9.98. The number of halogens is 3. The molecule has 0 saturated heterocycles. The van der Waals surface area contributed by atoms with E-state index < -0.39 is 17.8 Å². The highest BCUT2D eigenvalue weighted by molar-refractivity contribution is 5.71. The Morgan fingerprint density at radius 2 is 2.04 bits per heavy atom. The predicted octanol–water partition coefficient (Wildman–Crippen LogP) is 4.81. The molecule has 1 aliphatic heterocycles. The Hall–Kier alpha value is -2.70. The number of benzene rings is 2. The molecular formula is C21H19F3O4. The first-order chi connectivity index (χ1) is 13.4. The van der Waals surface area contributed by atoms with Gasteiger partial charge in [-0.1, -0.05) is 18.2 Å². The fraction of sp³-hybridized carbons (Fsp3) is 0.381. The van der Waals surface area contributed by atoms with E-state index in [9.17, 15) is 18.0 Å². The van der Waals surface area contributed by atoms with E-state index in [1.54, 1.807) is 18.2 Å². The van der Waals surface area contributed by atoms with Crippen molar-refractivity contribution in [1.82, 2.24) is 0 Å². The first kappa shape index (κ1) is 18.7. The summed E-state index contributed by atoms with van der Waals surface area (Å²) in [6, 6.07) is 9.58. The molecule has 1 heterocycles. The summed E-state index contributed by atoms with van der Waals surface area (Å²) in [5, 5.41) is 0. The number of carbonyl (C=O) groups excluding carboxylic acids is 1. The molecule has 0 saturated carbocycles. The van der Waals surface area contributed by atoms with Crippen LogP contribution in [0.25, 0.3) is 0 Å². The second-order valence-electron chi connectivity index (χ2n) is 7.00. The zero-order valence-electron chi connectivity index (χ0n) is 15.2. The van der Waals surface area contributed by atoms with Gasteiger partial charge in [-0.05, 0) is 36.1 Å². The molecule has 4 rings (SSSR count). The number of methoxy groups -OCH3 is 1. The second kappa shape index (κ2) is 7.04. The van der Waals surface area contributed by atoms with Crippen LogP contribution in [0.15, 0.2) is 36.4 Å². The van der Waals surface area contributed by atoms with Gasteiger partial charge in [-0.3, -0.25) is 4.79 Å². The average molecular weight is 392 g/mol. The van der Waals surface area contributed by atoms with Crippen molar-refractivity contribution in [2.75, 3.05) is 13.7 Å². The summed E-state index contributed by atoms with van der Waals surface area (Å²) in [4.78, 5) is 11.5. The highest BCUT2D eigenvalue weighted by Crippen LogP contribution is 2.44. The number of rotatable bonds is 4. The standard InChI is InChI=1S/C21H19F3O4/c1-26-20(25)9-12-11-27-19-10-13(5-6-14(12)19)28-18-8-7-15-16(18)3-2-4-17(15)21(22,23)24/h2-6,10,12,18H,7-9,11H2,1H3/t12-,18-/m1/s1. The van der Waals surface area contributed by atoms with Gasteiger partial charge in [0.15, 0.2) is 0 Å². The molecule has 0 amide bonds. The Labute approximate surface area is 160 Å². The number of hydrogen-bond donors (Lipinski definition) is 0. The first-order valence-corrected chi connectivity index (χ1v) is 9.06. The van der Waals surface area contributed by atoms with Gasteiger partial charge < -0.3 is 14.2 Å². The van der Waals surface area contributed by atoms with Crippen LogP contribution in [0.2, 0.25) is 0 Å². The van der Waals surface area contributed by atoms with Gasteiger partial charge in [0, 0.05) is 17.5 Å². The minimum atomic E-state index is -4.36. The summed E-state index contributed by atoms with van der Waals surface area (Å²) in [5.41, 5.74) is 1.22. The second-order valence-corrected chi connectivity index (χ2v) is 7.00. The van der Waals surface area contributed by atoms with E-state index in [2.05, 4.69) is 0 Å². The Morgan fingerprint density at radius 1 is 1.21 bits per heavy atom. The first-order valence-electron chi connectivity index (χ1n) is 9.06. The van der Waals surface area contributed by atoms with Crippen molar-refractivity contribution < 1.29 is 32.2 Å². The molecule has 0 unspecified atom stereocenters. The van der Waals surface area contributed by atoms with Crippen LogP contribution in [0.5, 0.6) is 11.5 Å². The lowest BCUT2D eigenvalue weighted by Crippen LogP contribution is -2.10. The van der Waals surface area contributed by atoms with Crippen LogP contribution in [-0.4, -0.2) is 19.7 Å². The summed E-state index contributed by atoms with van der Waals surface area (Å²) in [6.07, 6.45) is -3.73. The van der Waals surface area contributed by atoms with Gasteiger partial charge in [0.1, 0.15) is 17.6 Å². The van der Waals surface area contributed by atoms with E-state index in [4.69, 9.17) is 14.2 Å². The SMILES string of the molecule is COC(=O)C[C@@H]1COc2cc(O[C@@H]3CCc4c3cccc4C(F)(F)F)ccc21. The molecule has 0 spiro atoms. The number of fused-ring (bicyclic) bond motifs is 2. The van der Waals surface area contributed by atoms with Crippen molar-refractivity contribution in [2.24, 2.45) is 0 Å². The van der Waals surface area contributed by atoms with E-state index in [-0.39, 0.29) is 18.3 Å². The third kappa shape index (κ3) is 3.41. The highest BCUT2D eigenvalue weighted by atomic mass is 19.4. The number of alkyl halides is 3. The summed E-state index contributed by atoms with van der Waals surface area (Å²) >= 11 is 0. The molecule has 1 aliphatic carbocycles. The molecule has 28 heavy (non-hydrogen) atoms. The van der Waals surface area contributed by atoms with Crippen LogP contribution in [0.4, 0.5) is 13.2 Å². The molecule has 2 aliphatic rings. The molecule has 7 heteroatoms. The van der Waals surface area contributed by atoms with Gasteiger partial charge >= 0.3 is 12.1 Å². The topological polar surface area (TPSA) is 44.8 Å². The summed E-state index contributed by atoms with van der Waals surface area (Å²) in [6.45, 7) is 0.384. The van der Waals surface area contributed by atoms with E-state index in [1.165, 1.54) is 13.2 Å². The molecular weight excluding hydrogens is 373 g/mol. The van der Waals surface area contributed by atoms with Crippen LogP contribution in [-0.2, 0) is 22.1 Å². The Bertz CT molecular complexity index is 907. The zero-order valence-corrected chi connectivity index (χ0v) is 15.2. The van der Waals surface area contributed by atoms with Crippen LogP contribution >= 0.6 is 0 Å². The molecule has 2 aromatic rings. The maximum atomic E-state index is 13.2. The fourth-order valence-electron chi connectivity index (χ4n) is 3.95. The Kier molecular flexibility index (Phi) is 4.69. The van der Waals surface area contributed by atoms with Gasteiger partial charge in [-0.15, -0.1) is 0 Å². The van der Waals surface area contributed by atoms with Crippen LogP contribution in [0.1, 0.15) is 47.1 Å². The van der Waals surface area contributed by atoms with Crippen LogP contribution in [0.3, 0.4) is 0 Å². The monoisotopic (exact) mass is 392 g/mol. The van der Waals surface area contributed by atoms with Crippen molar-refractivity contribution in [1.29, 1.82) is 0 Å². The maximum Gasteiger partial charge on any atom is 0.416 e. The van der Waals surface area contributed by atoms with Gasteiger partial charge in [-0.25, -0.2) is 0 Å². The predicted molar refractivity (Wildman–Crippen MR) is 94.4 cm³/mol. The molecule has 148 valence electrons. The lowest BCUT2D eigenvalue weighted by molar-refractivity contribution is -0.141. The molecule has 0 radical (unpaired) electrons. The molecule has 2 atom stereocenters. The minimum absolute atomic E-state index is 0.0712. The third-order valence-electron chi connectivity index (χ3n) is 5.31. The highest BCUT2D eigenvalue weighted by Gasteiger charge is 2.38. The maximum absolute atomic E-state index is 13.2. The Morgan fingerprint density at radius 3 is 2.79 bits per heavy atom. The smallest absolute Gasteiger partial charge is 0.416 e. The molecule has 0 bridgehead atoms. The van der Waals surface area contributed by atoms with Gasteiger partial charge in [0.2, 0.25) is 0 Å².